The van der Waals surface area contributed by atoms with Gasteiger partial charge in [0, 0.05) is 49.9 Å². The number of aliphatic hydroxyl groups excluding tert-OH is 1. The number of ketones is 1. The quantitative estimate of drug-likeness (QED) is 0.0864. The summed E-state index contributed by atoms with van der Waals surface area (Å²) in [7, 11) is 0. The Morgan fingerprint density at radius 2 is 1.29 bits per heavy atom. The fraction of sp³-hybridized carbons (Fsp3) is 0.333. The van der Waals surface area contributed by atoms with E-state index in [0.717, 1.165) is 59.3 Å². The molecule has 0 saturated heterocycles. The Kier molecular flexibility index (Phi) is 15.2. The van der Waals surface area contributed by atoms with Crippen LogP contribution in [0.3, 0.4) is 0 Å². The molecule has 0 unspecified atom stereocenters. The average Bonchev–Trinajstić information content (AvgIpc) is 3.12. The largest absolute Gasteiger partial charge is 0.512 e. The number of hydrogen-bond donors (Lipinski definition) is 1. The number of alkyl halides is 3. The van der Waals surface area contributed by atoms with Crippen molar-refractivity contribution in [2.75, 3.05) is 0 Å². The van der Waals surface area contributed by atoms with Gasteiger partial charge < -0.3 is 5.11 Å². The molecule has 1 N–H and O–H groups in total. The van der Waals surface area contributed by atoms with Crippen molar-refractivity contribution in [1.82, 2.24) is 4.98 Å². The molecule has 4 aromatic carbocycles. The Morgan fingerprint density at radius 3 is 1.85 bits per heavy atom. The van der Waals surface area contributed by atoms with Gasteiger partial charge in [-0.2, -0.15) is 13.2 Å². The van der Waals surface area contributed by atoms with Crippen molar-refractivity contribution in [2.45, 2.75) is 85.7 Å². The summed E-state index contributed by atoms with van der Waals surface area (Å²) >= 11 is 0. The monoisotopic (exact) mass is 885 g/mol. The van der Waals surface area contributed by atoms with E-state index in [4.69, 9.17) is 0 Å². The molecular formula is C45H49F3IrNO2-. The zero-order valence-corrected chi connectivity index (χ0v) is 33.5. The van der Waals surface area contributed by atoms with E-state index in [9.17, 15) is 23.1 Å². The third-order valence-electron chi connectivity index (χ3n) is 9.45. The van der Waals surface area contributed by atoms with Gasteiger partial charge in [-0.1, -0.05) is 138 Å². The molecule has 0 fully saturated rings. The van der Waals surface area contributed by atoms with E-state index in [0.29, 0.717) is 16.8 Å². The SMILES string of the molecule is CC(C)(C)c1cc(-c2cc(-c3ccc(-c4ccccc4)cc3)c(C(F)(F)F)cn2)[c-]c2ccccc12.CCC(CC)C(=O)/C=C(\O)C(CC)CC.[Ir]. The van der Waals surface area contributed by atoms with Gasteiger partial charge >= 0.3 is 6.18 Å². The molecule has 7 heteroatoms. The van der Waals surface area contributed by atoms with Gasteiger partial charge in [-0.05, 0) is 53.4 Å². The van der Waals surface area contributed by atoms with Crippen LogP contribution in [0.2, 0.25) is 0 Å². The molecule has 5 aromatic rings. The molecule has 0 saturated carbocycles. The first-order chi connectivity index (χ1) is 24.2. The molecule has 0 bridgehead atoms. The van der Waals surface area contributed by atoms with Crippen LogP contribution < -0.4 is 0 Å². The summed E-state index contributed by atoms with van der Waals surface area (Å²) < 4.78 is 42.0. The maximum atomic E-state index is 14.0. The van der Waals surface area contributed by atoms with E-state index in [1.807, 2.05) is 94.4 Å². The van der Waals surface area contributed by atoms with E-state index in [2.05, 4.69) is 37.9 Å². The number of benzene rings is 4. The molecule has 1 aromatic heterocycles. The molecule has 1 radical (unpaired) electrons. The Balaban J connectivity index is 0.000000389. The Hall–Kier alpha value is -4.06. The van der Waals surface area contributed by atoms with E-state index in [1.165, 1.54) is 12.1 Å². The van der Waals surface area contributed by atoms with E-state index in [1.54, 1.807) is 12.1 Å². The van der Waals surface area contributed by atoms with Crippen LogP contribution in [0.5, 0.6) is 0 Å². The van der Waals surface area contributed by atoms with Crippen molar-refractivity contribution >= 4 is 16.6 Å². The van der Waals surface area contributed by atoms with Crippen LogP contribution in [0.15, 0.2) is 109 Å². The predicted octanol–water partition coefficient (Wildman–Crippen LogP) is 13.2. The minimum Gasteiger partial charge on any atom is -0.512 e. The molecule has 0 spiro atoms. The smallest absolute Gasteiger partial charge is 0.418 e. The number of pyridine rings is 1. The summed E-state index contributed by atoms with van der Waals surface area (Å²) in [6.45, 7) is 14.4. The minimum atomic E-state index is -4.53. The number of aromatic nitrogens is 1. The van der Waals surface area contributed by atoms with Crippen LogP contribution in [-0.2, 0) is 36.5 Å². The molecule has 0 atom stereocenters. The number of carbonyl (C=O) groups is 1. The number of carbonyl (C=O) groups excluding carboxylic acids is 1. The molecule has 0 aliphatic carbocycles. The fourth-order valence-corrected chi connectivity index (χ4v) is 6.31. The van der Waals surface area contributed by atoms with Crippen molar-refractivity contribution in [2.24, 2.45) is 11.8 Å². The predicted molar refractivity (Wildman–Crippen MR) is 204 cm³/mol. The van der Waals surface area contributed by atoms with E-state index >= 15 is 0 Å². The first kappa shape index (κ1) is 42.4. The summed E-state index contributed by atoms with van der Waals surface area (Å²) in [6, 6.07) is 31.8. The van der Waals surface area contributed by atoms with Crippen LogP contribution in [0.25, 0.3) is 44.3 Å². The van der Waals surface area contributed by atoms with Gasteiger partial charge in [-0.15, -0.1) is 29.1 Å². The van der Waals surface area contributed by atoms with Crippen LogP contribution in [0, 0.1) is 17.9 Å². The Morgan fingerprint density at radius 1 is 0.750 bits per heavy atom. The van der Waals surface area contributed by atoms with Crippen LogP contribution in [0.1, 0.15) is 85.3 Å². The normalized spacial score (nSPS) is 12.0. The Labute approximate surface area is 320 Å². The van der Waals surface area contributed by atoms with Gasteiger partial charge in [0.25, 0.3) is 0 Å². The summed E-state index contributed by atoms with van der Waals surface area (Å²) in [5, 5.41) is 11.8. The number of aliphatic hydroxyl groups is 1. The maximum absolute atomic E-state index is 14.0. The zero-order valence-electron chi connectivity index (χ0n) is 31.1. The van der Waals surface area contributed by atoms with Gasteiger partial charge in [0.2, 0.25) is 0 Å². The molecule has 0 amide bonds. The fourth-order valence-electron chi connectivity index (χ4n) is 6.31. The third-order valence-corrected chi connectivity index (χ3v) is 9.45. The molecule has 277 valence electrons. The minimum absolute atomic E-state index is 0. The van der Waals surface area contributed by atoms with Gasteiger partial charge in [0.15, 0.2) is 5.78 Å². The molecule has 1 heterocycles. The van der Waals surface area contributed by atoms with E-state index < -0.39 is 11.7 Å². The van der Waals surface area contributed by atoms with Crippen molar-refractivity contribution in [1.29, 1.82) is 0 Å². The second-order valence-electron chi connectivity index (χ2n) is 13.9. The molecule has 52 heavy (non-hydrogen) atoms. The van der Waals surface area contributed by atoms with Gasteiger partial charge in [0.1, 0.15) is 0 Å². The van der Waals surface area contributed by atoms with Crippen molar-refractivity contribution < 1.29 is 43.2 Å². The van der Waals surface area contributed by atoms with Crippen molar-refractivity contribution in [3.05, 3.63) is 126 Å². The second-order valence-corrected chi connectivity index (χ2v) is 13.9. The number of rotatable bonds is 10. The first-order valence-electron chi connectivity index (χ1n) is 17.8. The summed E-state index contributed by atoms with van der Waals surface area (Å²) in [6.07, 6.45) is 1.32. The Bertz CT molecular complexity index is 1940. The van der Waals surface area contributed by atoms with Crippen LogP contribution in [-0.4, -0.2) is 15.9 Å². The topological polar surface area (TPSA) is 50.2 Å². The molecule has 3 nitrogen and oxygen atoms in total. The van der Waals surface area contributed by atoms with Crippen LogP contribution in [0.4, 0.5) is 13.2 Å². The van der Waals surface area contributed by atoms with Gasteiger partial charge in [0.05, 0.1) is 11.3 Å². The van der Waals surface area contributed by atoms with Crippen LogP contribution >= 0.6 is 0 Å². The second kappa shape index (κ2) is 18.6. The summed E-state index contributed by atoms with van der Waals surface area (Å²) in [4.78, 5) is 16.0. The van der Waals surface area contributed by atoms with Gasteiger partial charge in [-0.3, -0.25) is 9.78 Å². The summed E-state index contributed by atoms with van der Waals surface area (Å²) in [5.41, 5.74) is 3.86. The standard InChI is InChI=1S/C32H25F3N.C13H24O2.Ir/c1-31(2,3)28-18-25(17-24-11-7-8-12-26(24)28)30-19-27(29(20-36-30)32(33,34)35)23-15-13-22(14-16-23)21-9-5-4-6-10-21;1-5-10(6-2)12(14)9-13(15)11(7-3)8-4;/h4-16,18-20H,1-3H3;9-11,14H,5-8H2,1-4H3;/q-1;;/b;12-9-;. The maximum Gasteiger partial charge on any atom is 0.418 e. The van der Waals surface area contributed by atoms with E-state index in [-0.39, 0.29) is 54.5 Å². The summed E-state index contributed by atoms with van der Waals surface area (Å²) in [5.74, 6) is 0.547. The number of fused-ring (bicyclic) bond motifs is 1. The first-order valence-corrected chi connectivity index (χ1v) is 17.8. The number of halogens is 3. The van der Waals surface area contributed by atoms with Crippen molar-refractivity contribution in [3.8, 4) is 33.5 Å². The number of nitrogens with zero attached hydrogens (tertiary/aromatic N) is 1. The molecule has 5 rings (SSSR count). The molecule has 0 aliphatic heterocycles. The number of allylic oxidation sites excluding steroid dienone is 2. The molecular weight excluding hydrogens is 836 g/mol. The number of hydrogen-bond acceptors (Lipinski definition) is 3. The third kappa shape index (κ3) is 10.5. The van der Waals surface area contributed by atoms with Crippen molar-refractivity contribution in [3.63, 3.8) is 0 Å². The van der Waals surface area contributed by atoms with Gasteiger partial charge in [-0.25, -0.2) is 0 Å². The average molecular weight is 885 g/mol. The molecule has 0 aliphatic rings. The zero-order chi connectivity index (χ0) is 37.3.